The van der Waals surface area contributed by atoms with Crippen LogP contribution in [0.4, 0.5) is 0 Å². The first-order chi connectivity index (χ1) is 12.0. The van der Waals surface area contributed by atoms with Gasteiger partial charge >= 0.3 is 0 Å². The van der Waals surface area contributed by atoms with Gasteiger partial charge in [-0.15, -0.1) is 0 Å². The van der Waals surface area contributed by atoms with E-state index in [9.17, 15) is 13.2 Å². The summed E-state index contributed by atoms with van der Waals surface area (Å²) in [7, 11) is -3.38. The number of benzene rings is 1. The summed E-state index contributed by atoms with van der Waals surface area (Å²) in [6.45, 7) is 0.529. The first-order valence-corrected chi connectivity index (χ1v) is 10.0. The van der Waals surface area contributed by atoms with Crippen molar-refractivity contribution < 1.29 is 17.6 Å². The van der Waals surface area contributed by atoms with Gasteiger partial charge in [-0.2, -0.15) is 0 Å². The number of furan rings is 1. The molecule has 0 N–H and O–H groups in total. The zero-order valence-corrected chi connectivity index (χ0v) is 15.0. The van der Waals surface area contributed by atoms with Crippen molar-refractivity contribution in [3.63, 3.8) is 0 Å². The Hall–Kier alpha value is -2.05. The Kier molecular flexibility index (Phi) is 5.30. The number of carbonyl (C=O) groups excluding carboxylic acids is 1. The summed E-state index contributed by atoms with van der Waals surface area (Å²) in [4.78, 5) is 13.9. The molecular weight excluding hydrogens is 362 g/mol. The largest absolute Gasteiger partial charge is 0.465 e. The molecule has 1 aliphatic heterocycles. The third-order valence-corrected chi connectivity index (χ3v) is 6.69. The monoisotopic (exact) mass is 379 g/mol. The summed E-state index contributed by atoms with van der Waals surface area (Å²) >= 11 is 6.18. The second-order valence-electron chi connectivity index (χ2n) is 5.84. The van der Waals surface area contributed by atoms with Crippen molar-refractivity contribution in [1.82, 2.24) is 4.90 Å². The SMILES string of the molecule is O=C(/C=C/c1ccco1)N1CCC(c2ccccc2Cl)S(=O)(=O)CC1. The molecule has 1 saturated heterocycles. The molecule has 2 aromatic rings. The van der Waals surface area contributed by atoms with Crippen molar-refractivity contribution in [3.05, 3.63) is 65.1 Å². The van der Waals surface area contributed by atoms with E-state index in [1.54, 1.807) is 47.4 Å². The van der Waals surface area contributed by atoms with Crippen molar-refractivity contribution in [2.45, 2.75) is 11.7 Å². The van der Waals surface area contributed by atoms with Crippen molar-refractivity contribution in [3.8, 4) is 0 Å². The van der Waals surface area contributed by atoms with Crippen molar-refractivity contribution in [2.24, 2.45) is 0 Å². The van der Waals surface area contributed by atoms with Gasteiger partial charge in [-0.1, -0.05) is 29.8 Å². The van der Waals surface area contributed by atoms with Gasteiger partial charge in [0, 0.05) is 24.2 Å². The van der Waals surface area contributed by atoms with Gasteiger partial charge in [0.2, 0.25) is 5.91 Å². The van der Waals surface area contributed by atoms with E-state index in [1.165, 1.54) is 12.3 Å². The molecule has 0 spiro atoms. The maximum Gasteiger partial charge on any atom is 0.246 e. The fourth-order valence-corrected chi connectivity index (χ4v) is 5.04. The fraction of sp³-hybridized carbons (Fsp3) is 0.278. The van der Waals surface area contributed by atoms with Gasteiger partial charge in [-0.05, 0) is 36.3 Å². The van der Waals surface area contributed by atoms with Crippen molar-refractivity contribution in [2.75, 3.05) is 18.8 Å². The van der Waals surface area contributed by atoms with Gasteiger partial charge in [0.15, 0.2) is 9.84 Å². The van der Waals surface area contributed by atoms with Gasteiger partial charge in [-0.3, -0.25) is 4.79 Å². The smallest absolute Gasteiger partial charge is 0.246 e. The molecule has 1 aromatic heterocycles. The van der Waals surface area contributed by atoms with Crippen molar-refractivity contribution >= 4 is 33.4 Å². The van der Waals surface area contributed by atoms with E-state index in [4.69, 9.17) is 16.0 Å². The Morgan fingerprint density at radius 3 is 2.72 bits per heavy atom. The third kappa shape index (κ3) is 4.14. The van der Waals surface area contributed by atoms with E-state index >= 15 is 0 Å². The molecule has 2 heterocycles. The molecule has 1 aliphatic rings. The average molecular weight is 380 g/mol. The first kappa shape index (κ1) is 17.8. The molecule has 1 aromatic carbocycles. The molecule has 132 valence electrons. The summed E-state index contributed by atoms with van der Waals surface area (Å²) < 4.78 is 30.4. The predicted molar refractivity (Wildman–Crippen MR) is 96.9 cm³/mol. The van der Waals surface area contributed by atoms with Gasteiger partial charge in [0.25, 0.3) is 0 Å². The highest BCUT2D eigenvalue weighted by molar-refractivity contribution is 7.91. The van der Waals surface area contributed by atoms with Crippen LogP contribution in [0, 0.1) is 0 Å². The molecule has 0 aliphatic carbocycles. The van der Waals surface area contributed by atoms with Crippen LogP contribution in [0.5, 0.6) is 0 Å². The Morgan fingerprint density at radius 2 is 2.00 bits per heavy atom. The number of nitrogens with zero attached hydrogens (tertiary/aromatic N) is 1. The number of halogens is 1. The first-order valence-electron chi connectivity index (χ1n) is 7.94. The molecule has 25 heavy (non-hydrogen) atoms. The van der Waals surface area contributed by atoms with Crippen LogP contribution in [0.2, 0.25) is 5.02 Å². The Bertz CT molecular complexity index is 874. The van der Waals surface area contributed by atoms with Crippen LogP contribution in [0.3, 0.4) is 0 Å². The Morgan fingerprint density at radius 1 is 1.20 bits per heavy atom. The minimum atomic E-state index is -3.38. The maximum atomic E-state index is 12.6. The number of sulfone groups is 1. The zero-order chi connectivity index (χ0) is 17.9. The number of carbonyl (C=O) groups is 1. The summed E-state index contributed by atoms with van der Waals surface area (Å²) in [6, 6.07) is 10.4. The Labute approximate surface area is 151 Å². The number of rotatable bonds is 3. The second-order valence-corrected chi connectivity index (χ2v) is 8.55. The van der Waals surface area contributed by atoms with Crippen LogP contribution < -0.4 is 0 Å². The lowest BCUT2D eigenvalue weighted by Gasteiger charge is -2.18. The van der Waals surface area contributed by atoms with Crippen LogP contribution in [0.15, 0.2) is 53.2 Å². The van der Waals surface area contributed by atoms with Crippen LogP contribution >= 0.6 is 11.6 Å². The van der Waals surface area contributed by atoms with E-state index in [0.717, 1.165) is 0 Å². The fourth-order valence-electron chi connectivity index (χ4n) is 2.89. The quantitative estimate of drug-likeness (QED) is 0.767. The van der Waals surface area contributed by atoms with E-state index in [-0.39, 0.29) is 18.2 Å². The van der Waals surface area contributed by atoms with Gasteiger partial charge in [-0.25, -0.2) is 8.42 Å². The van der Waals surface area contributed by atoms with Crippen LogP contribution in [-0.2, 0) is 14.6 Å². The van der Waals surface area contributed by atoms with E-state index in [2.05, 4.69) is 0 Å². The summed E-state index contributed by atoms with van der Waals surface area (Å²) in [6.07, 6.45) is 4.83. The topological polar surface area (TPSA) is 67.6 Å². The lowest BCUT2D eigenvalue weighted by atomic mass is 10.1. The third-order valence-electron chi connectivity index (χ3n) is 4.24. The summed E-state index contributed by atoms with van der Waals surface area (Å²) in [5, 5.41) is -0.248. The van der Waals surface area contributed by atoms with Crippen molar-refractivity contribution in [1.29, 1.82) is 0 Å². The minimum Gasteiger partial charge on any atom is -0.465 e. The molecule has 5 nitrogen and oxygen atoms in total. The average Bonchev–Trinajstić information content (AvgIpc) is 3.05. The van der Waals surface area contributed by atoms with Crippen LogP contribution in [-0.4, -0.2) is 38.1 Å². The highest BCUT2D eigenvalue weighted by atomic mass is 35.5. The molecular formula is C18H18ClNO4S. The summed E-state index contributed by atoms with van der Waals surface area (Å²) in [5.41, 5.74) is 0.601. The number of hydrogen-bond acceptors (Lipinski definition) is 4. The lowest BCUT2D eigenvalue weighted by molar-refractivity contribution is -0.125. The molecule has 1 amide bonds. The Balaban J connectivity index is 1.76. The molecule has 3 rings (SSSR count). The normalized spacial score (nSPS) is 20.5. The van der Waals surface area contributed by atoms with E-state index < -0.39 is 15.1 Å². The van der Waals surface area contributed by atoms with Crippen LogP contribution in [0.25, 0.3) is 6.08 Å². The standard InChI is InChI=1S/C18H18ClNO4S/c19-16-6-2-1-5-15(16)17-9-10-20(11-13-25(17,22)23)18(21)8-7-14-4-3-12-24-14/h1-8,12,17H,9-11,13H2/b8-7+. The number of amides is 1. The van der Waals surface area contributed by atoms with Gasteiger partial charge in [0.05, 0.1) is 17.3 Å². The maximum absolute atomic E-state index is 12.6. The minimum absolute atomic E-state index is 0.0801. The highest BCUT2D eigenvalue weighted by Crippen LogP contribution is 2.33. The second kappa shape index (κ2) is 7.45. The van der Waals surface area contributed by atoms with E-state index in [1.807, 2.05) is 0 Å². The zero-order valence-electron chi connectivity index (χ0n) is 13.5. The molecule has 0 radical (unpaired) electrons. The number of hydrogen-bond donors (Lipinski definition) is 0. The predicted octanol–water partition coefficient (Wildman–Crippen LogP) is 3.33. The molecule has 1 unspecified atom stereocenters. The summed E-state index contributed by atoms with van der Waals surface area (Å²) in [5.74, 6) is 0.264. The molecule has 1 atom stereocenters. The molecule has 0 saturated carbocycles. The van der Waals surface area contributed by atoms with E-state index in [0.29, 0.717) is 29.3 Å². The molecule has 1 fully saturated rings. The highest BCUT2D eigenvalue weighted by Gasteiger charge is 2.33. The van der Waals surface area contributed by atoms with Gasteiger partial charge in [0.1, 0.15) is 5.76 Å². The lowest BCUT2D eigenvalue weighted by Crippen LogP contribution is -2.32. The van der Waals surface area contributed by atoms with Gasteiger partial charge < -0.3 is 9.32 Å². The molecule has 0 bridgehead atoms. The van der Waals surface area contributed by atoms with Crippen LogP contribution in [0.1, 0.15) is 23.0 Å². The molecule has 7 heteroatoms.